The molecule has 9 atom stereocenters. The Balaban J connectivity index is 1.52. The van der Waals surface area contributed by atoms with E-state index in [1.54, 1.807) is 6.08 Å². The Bertz CT molecular complexity index is 821. The van der Waals surface area contributed by atoms with Crippen LogP contribution in [0.25, 0.3) is 0 Å². The van der Waals surface area contributed by atoms with Gasteiger partial charge in [0.25, 0.3) is 0 Å². The minimum atomic E-state index is -0.947. The molecule has 4 saturated carbocycles. The van der Waals surface area contributed by atoms with E-state index in [2.05, 4.69) is 13.8 Å². The van der Waals surface area contributed by atoms with Crippen LogP contribution in [0.4, 0.5) is 0 Å². The number of carbonyl (C=O) groups excluding carboxylic acids is 2. The molecule has 6 nitrogen and oxygen atoms in total. The number of hydrogen-bond acceptors (Lipinski definition) is 6. The number of carbonyl (C=O) groups is 2. The first-order valence-corrected chi connectivity index (χ1v) is 12.0. The van der Waals surface area contributed by atoms with Crippen LogP contribution in [0.3, 0.4) is 0 Å². The normalized spacial score (nSPS) is 51.3. The molecule has 5 aliphatic rings. The van der Waals surface area contributed by atoms with Crippen LogP contribution in [-0.4, -0.2) is 46.6 Å². The maximum Gasteiger partial charge on any atom is 0.331 e. The van der Waals surface area contributed by atoms with Gasteiger partial charge in [-0.2, -0.15) is 0 Å². The molecule has 0 aromatic carbocycles. The summed E-state index contributed by atoms with van der Waals surface area (Å²) in [4.78, 5) is 23.8. The molecule has 0 aromatic heterocycles. The van der Waals surface area contributed by atoms with Gasteiger partial charge in [-0.15, -0.1) is 0 Å². The number of fused-ring (bicyclic) bond motifs is 5. The van der Waals surface area contributed by atoms with Gasteiger partial charge in [0.2, 0.25) is 0 Å². The number of rotatable bonds is 2. The second-order valence-corrected chi connectivity index (χ2v) is 11.5. The Morgan fingerprint density at radius 1 is 1.16 bits per heavy atom. The Morgan fingerprint density at radius 3 is 2.61 bits per heavy atom. The van der Waals surface area contributed by atoms with E-state index in [4.69, 9.17) is 9.47 Å². The SMILES string of the molecule is CC(=O)O[C@H]1C[C@]2(O)[C@H]3CC[C@@H]4C[C@@H](O)CC[C@]4(C)[C@@H]3CC[C@]2(C)[C@H]1C1=CC(=O)OC1. The van der Waals surface area contributed by atoms with Crippen molar-refractivity contribution < 1.29 is 29.3 Å². The third-order valence-electron chi connectivity index (χ3n) is 10.2. The highest BCUT2D eigenvalue weighted by molar-refractivity contribution is 5.85. The van der Waals surface area contributed by atoms with Crippen molar-refractivity contribution in [1.82, 2.24) is 0 Å². The lowest BCUT2D eigenvalue weighted by Gasteiger charge is -2.63. The maximum absolute atomic E-state index is 12.4. The molecule has 6 heteroatoms. The van der Waals surface area contributed by atoms with Crippen molar-refractivity contribution in [3.8, 4) is 0 Å². The van der Waals surface area contributed by atoms with Gasteiger partial charge in [0.05, 0.1) is 11.7 Å². The molecule has 1 aliphatic heterocycles. The number of ether oxygens (including phenoxy) is 2. The van der Waals surface area contributed by atoms with Crippen molar-refractivity contribution in [2.45, 2.75) is 89.9 Å². The van der Waals surface area contributed by atoms with Crippen molar-refractivity contribution in [3.63, 3.8) is 0 Å². The summed E-state index contributed by atoms with van der Waals surface area (Å²) >= 11 is 0. The van der Waals surface area contributed by atoms with Gasteiger partial charge < -0.3 is 19.7 Å². The molecular weight excluding hydrogens is 396 g/mol. The van der Waals surface area contributed by atoms with Crippen molar-refractivity contribution in [3.05, 3.63) is 11.6 Å². The van der Waals surface area contributed by atoms with E-state index in [0.717, 1.165) is 50.5 Å². The first-order valence-electron chi connectivity index (χ1n) is 12.0. The zero-order valence-electron chi connectivity index (χ0n) is 18.9. The highest BCUT2D eigenvalue weighted by Gasteiger charge is 2.70. The Labute approximate surface area is 184 Å². The minimum Gasteiger partial charge on any atom is -0.462 e. The second kappa shape index (κ2) is 7.05. The molecule has 31 heavy (non-hydrogen) atoms. The molecule has 172 valence electrons. The van der Waals surface area contributed by atoms with Crippen LogP contribution >= 0.6 is 0 Å². The number of aliphatic hydroxyl groups excluding tert-OH is 1. The lowest BCUT2D eigenvalue weighted by molar-refractivity contribution is -0.208. The van der Waals surface area contributed by atoms with Crippen LogP contribution in [0.15, 0.2) is 11.6 Å². The summed E-state index contributed by atoms with van der Waals surface area (Å²) in [6, 6.07) is 0. The lowest BCUT2D eigenvalue weighted by atomic mass is 9.43. The maximum atomic E-state index is 12.4. The smallest absolute Gasteiger partial charge is 0.331 e. The molecule has 0 saturated heterocycles. The Hall–Kier alpha value is -1.40. The molecule has 0 amide bonds. The van der Waals surface area contributed by atoms with Gasteiger partial charge in [0.1, 0.15) is 12.7 Å². The van der Waals surface area contributed by atoms with Crippen LogP contribution in [0, 0.1) is 34.5 Å². The van der Waals surface area contributed by atoms with Gasteiger partial charge in [-0.25, -0.2) is 4.79 Å². The summed E-state index contributed by atoms with van der Waals surface area (Å²) in [5.74, 6) is 0.162. The van der Waals surface area contributed by atoms with Gasteiger partial charge in [0, 0.05) is 30.8 Å². The number of esters is 2. The molecule has 0 spiro atoms. The quantitative estimate of drug-likeness (QED) is 0.651. The molecule has 0 bridgehead atoms. The van der Waals surface area contributed by atoms with Crippen molar-refractivity contribution in [1.29, 1.82) is 0 Å². The predicted octanol–water partition coefficient (Wildman–Crippen LogP) is 3.15. The molecule has 5 rings (SSSR count). The average Bonchev–Trinajstić information content (AvgIpc) is 3.19. The van der Waals surface area contributed by atoms with Gasteiger partial charge in [-0.05, 0) is 73.7 Å². The fraction of sp³-hybridized carbons (Fsp3) is 0.840. The van der Waals surface area contributed by atoms with Gasteiger partial charge in [0.15, 0.2) is 0 Å². The zero-order valence-corrected chi connectivity index (χ0v) is 18.9. The molecule has 4 fully saturated rings. The largest absolute Gasteiger partial charge is 0.462 e. The van der Waals surface area contributed by atoms with Crippen molar-refractivity contribution in [2.24, 2.45) is 34.5 Å². The molecule has 1 heterocycles. The van der Waals surface area contributed by atoms with Crippen LogP contribution in [0.1, 0.15) is 72.1 Å². The summed E-state index contributed by atoms with van der Waals surface area (Å²) < 4.78 is 11.0. The highest BCUT2D eigenvalue weighted by atomic mass is 16.5. The van der Waals surface area contributed by atoms with E-state index in [-0.39, 0.29) is 41.9 Å². The molecular formula is C25H36O6. The second-order valence-electron chi connectivity index (χ2n) is 11.5. The van der Waals surface area contributed by atoms with E-state index in [1.807, 2.05) is 0 Å². The standard InChI is InChI=1S/C25H36O6/c1-14(26)31-20-12-25(29)19-5-4-16-11-17(27)6-8-23(16,2)18(19)7-9-24(25,3)22(20)15-10-21(28)30-13-15/h10,16-20,22,27,29H,4-9,11-13H2,1-3H3/t16-,17+,18-,19+,20+,22+,23+,24-,25+/m1/s1. The third kappa shape index (κ3) is 2.97. The topological polar surface area (TPSA) is 93.1 Å². The van der Waals surface area contributed by atoms with Gasteiger partial charge >= 0.3 is 11.9 Å². The van der Waals surface area contributed by atoms with Gasteiger partial charge in [-0.3, -0.25) is 4.79 Å². The highest BCUT2D eigenvalue weighted by Crippen LogP contribution is 2.70. The third-order valence-corrected chi connectivity index (χ3v) is 10.2. The first kappa shape index (κ1) is 21.4. The van der Waals surface area contributed by atoms with E-state index in [0.29, 0.717) is 18.3 Å². The molecule has 0 radical (unpaired) electrons. The lowest BCUT2D eigenvalue weighted by Crippen LogP contribution is -2.62. The molecule has 4 aliphatic carbocycles. The molecule has 2 N–H and O–H groups in total. The summed E-state index contributed by atoms with van der Waals surface area (Å²) in [5, 5.41) is 22.7. The Kier molecular flexibility index (Phi) is 4.88. The van der Waals surface area contributed by atoms with E-state index in [1.165, 1.54) is 6.92 Å². The van der Waals surface area contributed by atoms with Crippen LogP contribution in [0.2, 0.25) is 0 Å². The predicted molar refractivity (Wildman–Crippen MR) is 113 cm³/mol. The van der Waals surface area contributed by atoms with Crippen LogP contribution in [0.5, 0.6) is 0 Å². The average molecular weight is 433 g/mol. The fourth-order valence-electron chi connectivity index (χ4n) is 8.76. The number of cyclic esters (lactones) is 1. The number of hydrogen-bond donors (Lipinski definition) is 2. The molecule has 0 unspecified atom stereocenters. The number of aliphatic hydroxyl groups is 2. The first-order chi connectivity index (χ1) is 14.6. The summed E-state index contributed by atoms with van der Waals surface area (Å²) in [6.07, 6.45) is 7.90. The van der Waals surface area contributed by atoms with Crippen molar-refractivity contribution in [2.75, 3.05) is 6.61 Å². The fourth-order valence-corrected chi connectivity index (χ4v) is 8.76. The van der Waals surface area contributed by atoms with E-state index < -0.39 is 17.1 Å². The molecule has 0 aromatic rings. The zero-order chi connectivity index (χ0) is 22.2. The Morgan fingerprint density at radius 2 is 1.94 bits per heavy atom. The summed E-state index contributed by atoms with van der Waals surface area (Å²) in [7, 11) is 0. The van der Waals surface area contributed by atoms with E-state index >= 15 is 0 Å². The van der Waals surface area contributed by atoms with Crippen molar-refractivity contribution >= 4 is 11.9 Å². The van der Waals surface area contributed by atoms with Crippen LogP contribution < -0.4 is 0 Å². The van der Waals surface area contributed by atoms with Crippen LogP contribution in [-0.2, 0) is 19.1 Å². The minimum absolute atomic E-state index is 0.139. The monoisotopic (exact) mass is 432 g/mol. The summed E-state index contributed by atoms with van der Waals surface area (Å²) in [6.45, 7) is 6.16. The van der Waals surface area contributed by atoms with Gasteiger partial charge in [-0.1, -0.05) is 13.8 Å². The summed E-state index contributed by atoms with van der Waals surface area (Å²) in [5.41, 5.74) is -0.420. The van der Waals surface area contributed by atoms with E-state index in [9.17, 15) is 19.8 Å².